The van der Waals surface area contributed by atoms with Gasteiger partial charge in [-0.05, 0) is 55.4 Å². The van der Waals surface area contributed by atoms with Crippen LogP contribution in [0.4, 0.5) is 8.78 Å². The van der Waals surface area contributed by atoms with Crippen molar-refractivity contribution in [2.75, 3.05) is 20.3 Å². The van der Waals surface area contributed by atoms with E-state index < -0.39 is 12.6 Å². The SMILES string of the molecule is COc1cc(/C=C/C(=O)OCC(=O)N2CCC[C@H]3CCCC[C@@H]32)ccc1OC(F)F. The van der Waals surface area contributed by atoms with Crippen LogP contribution in [0.5, 0.6) is 11.5 Å². The lowest BCUT2D eigenvalue weighted by Crippen LogP contribution is -2.50. The number of hydrogen-bond acceptors (Lipinski definition) is 5. The summed E-state index contributed by atoms with van der Waals surface area (Å²) in [5, 5.41) is 0. The van der Waals surface area contributed by atoms with Gasteiger partial charge >= 0.3 is 12.6 Å². The first-order valence-corrected chi connectivity index (χ1v) is 10.2. The Morgan fingerprint density at radius 1 is 1.17 bits per heavy atom. The van der Waals surface area contributed by atoms with Gasteiger partial charge < -0.3 is 19.1 Å². The zero-order valence-corrected chi connectivity index (χ0v) is 17.0. The van der Waals surface area contributed by atoms with Crippen molar-refractivity contribution < 1.29 is 32.6 Å². The molecule has 0 N–H and O–H groups in total. The van der Waals surface area contributed by atoms with Gasteiger partial charge in [-0.3, -0.25) is 4.79 Å². The third-order valence-electron chi connectivity index (χ3n) is 5.72. The number of fused-ring (bicyclic) bond motifs is 1. The van der Waals surface area contributed by atoms with Crippen molar-refractivity contribution in [1.29, 1.82) is 0 Å². The monoisotopic (exact) mass is 423 g/mol. The average molecular weight is 423 g/mol. The fourth-order valence-corrected chi connectivity index (χ4v) is 4.34. The van der Waals surface area contributed by atoms with Crippen LogP contribution in [-0.2, 0) is 14.3 Å². The molecule has 1 aromatic carbocycles. The van der Waals surface area contributed by atoms with E-state index in [1.54, 1.807) is 0 Å². The van der Waals surface area contributed by atoms with Crippen LogP contribution in [0.2, 0.25) is 0 Å². The number of carbonyl (C=O) groups excluding carboxylic acids is 2. The molecule has 1 saturated carbocycles. The van der Waals surface area contributed by atoms with Crippen LogP contribution in [0.15, 0.2) is 24.3 Å². The van der Waals surface area contributed by atoms with Gasteiger partial charge in [-0.25, -0.2) is 4.79 Å². The van der Waals surface area contributed by atoms with Gasteiger partial charge in [-0.15, -0.1) is 0 Å². The normalized spacial score (nSPS) is 21.4. The van der Waals surface area contributed by atoms with Gasteiger partial charge in [0.05, 0.1) is 7.11 Å². The Morgan fingerprint density at radius 3 is 2.70 bits per heavy atom. The maximum atomic E-state index is 12.6. The predicted molar refractivity (Wildman–Crippen MR) is 106 cm³/mol. The third kappa shape index (κ3) is 5.70. The van der Waals surface area contributed by atoms with E-state index in [1.165, 1.54) is 56.7 Å². The highest BCUT2D eigenvalue weighted by atomic mass is 19.3. The molecule has 0 spiro atoms. The highest BCUT2D eigenvalue weighted by Gasteiger charge is 2.35. The number of amides is 1. The Bertz CT molecular complexity index is 781. The minimum Gasteiger partial charge on any atom is -0.493 e. The molecule has 1 aliphatic carbocycles. The summed E-state index contributed by atoms with van der Waals surface area (Å²) in [6, 6.07) is 4.57. The zero-order chi connectivity index (χ0) is 21.5. The average Bonchev–Trinajstić information content (AvgIpc) is 2.75. The fraction of sp³-hybridized carbons (Fsp3) is 0.545. The van der Waals surface area contributed by atoms with Crippen molar-refractivity contribution in [1.82, 2.24) is 4.90 Å². The Balaban J connectivity index is 1.52. The number of piperidine rings is 1. The molecule has 3 rings (SSSR count). The number of methoxy groups -OCH3 is 1. The minimum atomic E-state index is -2.96. The summed E-state index contributed by atoms with van der Waals surface area (Å²) < 4.78 is 39.3. The third-order valence-corrected chi connectivity index (χ3v) is 5.72. The molecule has 0 bridgehead atoms. The number of likely N-dealkylation sites (tertiary alicyclic amines) is 1. The number of esters is 1. The molecule has 6 nitrogen and oxygen atoms in total. The summed E-state index contributed by atoms with van der Waals surface area (Å²) in [5.74, 6) is -0.205. The van der Waals surface area contributed by atoms with Crippen LogP contribution in [0, 0.1) is 5.92 Å². The second kappa shape index (κ2) is 10.4. The van der Waals surface area contributed by atoms with Crippen molar-refractivity contribution in [2.45, 2.75) is 51.2 Å². The summed E-state index contributed by atoms with van der Waals surface area (Å²) in [4.78, 5) is 26.5. The van der Waals surface area contributed by atoms with E-state index in [0.717, 1.165) is 25.8 Å². The quantitative estimate of drug-likeness (QED) is 0.489. The Hall–Kier alpha value is -2.64. The van der Waals surface area contributed by atoms with Crippen LogP contribution in [-0.4, -0.2) is 49.7 Å². The first-order chi connectivity index (χ1) is 14.5. The second-order valence-electron chi connectivity index (χ2n) is 7.57. The van der Waals surface area contributed by atoms with Crippen molar-refractivity contribution in [2.24, 2.45) is 5.92 Å². The lowest BCUT2D eigenvalue weighted by atomic mass is 9.78. The molecule has 0 radical (unpaired) electrons. The van der Waals surface area contributed by atoms with Crippen LogP contribution in [0.1, 0.15) is 44.1 Å². The lowest BCUT2D eigenvalue weighted by Gasteiger charge is -2.44. The Kier molecular flexibility index (Phi) is 7.65. The number of ether oxygens (including phenoxy) is 3. The number of benzene rings is 1. The number of nitrogens with zero attached hydrogens (tertiary/aromatic N) is 1. The number of hydrogen-bond donors (Lipinski definition) is 0. The lowest BCUT2D eigenvalue weighted by molar-refractivity contribution is -0.151. The predicted octanol–water partition coefficient (Wildman–Crippen LogP) is 4.03. The largest absolute Gasteiger partial charge is 0.493 e. The molecule has 1 saturated heterocycles. The van der Waals surface area contributed by atoms with Crippen LogP contribution < -0.4 is 9.47 Å². The van der Waals surface area contributed by atoms with Crippen LogP contribution >= 0.6 is 0 Å². The first-order valence-electron chi connectivity index (χ1n) is 10.2. The Labute approximate surface area is 174 Å². The number of halogens is 2. The number of alkyl halides is 2. The maximum absolute atomic E-state index is 12.6. The van der Waals surface area contributed by atoms with Crippen LogP contribution in [0.25, 0.3) is 6.08 Å². The van der Waals surface area contributed by atoms with E-state index in [4.69, 9.17) is 9.47 Å². The van der Waals surface area contributed by atoms with Gasteiger partial charge in [0.2, 0.25) is 0 Å². The van der Waals surface area contributed by atoms with Gasteiger partial charge in [0.25, 0.3) is 5.91 Å². The maximum Gasteiger partial charge on any atom is 0.387 e. The van der Waals surface area contributed by atoms with E-state index in [2.05, 4.69) is 4.74 Å². The van der Waals surface area contributed by atoms with E-state index in [1.807, 2.05) is 4.90 Å². The zero-order valence-electron chi connectivity index (χ0n) is 17.0. The van der Waals surface area contributed by atoms with E-state index >= 15 is 0 Å². The highest BCUT2D eigenvalue weighted by molar-refractivity contribution is 5.89. The molecular formula is C22H27F2NO5. The van der Waals surface area contributed by atoms with Gasteiger partial charge in [-0.1, -0.05) is 18.9 Å². The van der Waals surface area contributed by atoms with Gasteiger partial charge in [0.1, 0.15) is 0 Å². The molecule has 8 heteroatoms. The summed E-state index contributed by atoms with van der Waals surface area (Å²) in [6.07, 6.45) is 9.37. The molecule has 2 fully saturated rings. The summed E-state index contributed by atoms with van der Waals surface area (Å²) >= 11 is 0. The van der Waals surface area contributed by atoms with Crippen molar-refractivity contribution >= 4 is 18.0 Å². The first kappa shape index (κ1) is 22.1. The smallest absolute Gasteiger partial charge is 0.387 e. The summed E-state index contributed by atoms with van der Waals surface area (Å²) in [7, 11) is 1.33. The molecular weight excluding hydrogens is 396 g/mol. The van der Waals surface area contributed by atoms with Crippen LogP contribution in [0.3, 0.4) is 0 Å². The van der Waals surface area contributed by atoms with E-state index in [0.29, 0.717) is 11.5 Å². The highest BCUT2D eigenvalue weighted by Crippen LogP contribution is 2.35. The van der Waals surface area contributed by atoms with Gasteiger partial charge in [0, 0.05) is 18.7 Å². The van der Waals surface area contributed by atoms with Gasteiger partial charge in [0.15, 0.2) is 18.1 Å². The van der Waals surface area contributed by atoms with Crippen molar-refractivity contribution in [3.8, 4) is 11.5 Å². The molecule has 0 aromatic heterocycles. The summed E-state index contributed by atoms with van der Waals surface area (Å²) in [6.45, 7) is -2.52. The fourth-order valence-electron chi connectivity index (χ4n) is 4.34. The molecule has 2 atom stereocenters. The second-order valence-corrected chi connectivity index (χ2v) is 7.57. The standard InChI is InChI=1S/C22H27F2NO5/c1-28-19-13-15(8-10-18(19)30-22(23)24)9-11-21(27)29-14-20(26)25-12-4-6-16-5-2-3-7-17(16)25/h8-11,13,16-17,22H,2-7,12,14H2,1H3/b11-9+/t16-,17+/m1/s1. The molecule has 1 aliphatic heterocycles. The molecule has 1 aromatic rings. The molecule has 30 heavy (non-hydrogen) atoms. The van der Waals surface area contributed by atoms with Gasteiger partial charge in [-0.2, -0.15) is 8.78 Å². The molecule has 164 valence electrons. The van der Waals surface area contributed by atoms with E-state index in [9.17, 15) is 18.4 Å². The van der Waals surface area contributed by atoms with Crippen molar-refractivity contribution in [3.63, 3.8) is 0 Å². The molecule has 1 amide bonds. The molecule has 0 unspecified atom stereocenters. The van der Waals surface area contributed by atoms with Crippen molar-refractivity contribution in [3.05, 3.63) is 29.8 Å². The molecule has 2 aliphatic rings. The Morgan fingerprint density at radius 2 is 1.93 bits per heavy atom. The van der Waals surface area contributed by atoms with E-state index in [-0.39, 0.29) is 30.1 Å². The number of carbonyl (C=O) groups is 2. The topological polar surface area (TPSA) is 65.1 Å². The molecule has 1 heterocycles. The summed E-state index contributed by atoms with van der Waals surface area (Å²) in [5.41, 5.74) is 0.540. The number of rotatable bonds is 7. The minimum absolute atomic E-state index is 0.0969.